The van der Waals surface area contributed by atoms with Crippen molar-refractivity contribution in [1.82, 2.24) is 15.0 Å². The minimum Gasteiger partial charge on any atom is -0.325 e. The first-order valence-corrected chi connectivity index (χ1v) is 6.11. The van der Waals surface area contributed by atoms with Gasteiger partial charge < -0.3 is 5.73 Å². The first kappa shape index (κ1) is 12.5. The maximum absolute atomic E-state index is 5.69. The lowest BCUT2D eigenvalue weighted by molar-refractivity contribution is 0.626. The number of aryl methyl sites for hydroxylation is 1. The molecule has 0 radical (unpaired) electrons. The van der Waals surface area contributed by atoms with Gasteiger partial charge in [0.2, 0.25) is 0 Å². The zero-order valence-corrected chi connectivity index (χ0v) is 10.4. The van der Waals surface area contributed by atoms with Gasteiger partial charge in [-0.15, -0.1) is 11.7 Å². The zero-order chi connectivity index (χ0) is 12.8. The van der Waals surface area contributed by atoms with E-state index < -0.39 is 0 Å². The molecule has 18 heavy (non-hydrogen) atoms. The van der Waals surface area contributed by atoms with E-state index in [-0.39, 0.29) is 0 Å². The highest BCUT2D eigenvalue weighted by molar-refractivity contribution is 5.18. The lowest BCUT2D eigenvalue weighted by Crippen LogP contribution is -2.08. The third kappa shape index (κ3) is 2.84. The van der Waals surface area contributed by atoms with Crippen LogP contribution in [0.3, 0.4) is 0 Å². The first-order chi connectivity index (χ1) is 8.85. The number of nitrogens with two attached hydrogens (primary N) is 1. The Kier molecular flexibility index (Phi) is 4.25. The Morgan fingerprint density at radius 3 is 2.67 bits per heavy atom. The van der Waals surface area contributed by atoms with Crippen molar-refractivity contribution in [2.45, 2.75) is 25.9 Å². The quantitative estimate of drug-likeness (QED) is 0.784. The fourth-order valence-corrected chi connectivity index (χ4v) is 1.98. The van der Waals surface area contributed by atoms with Crippen LogP contribution in [0.4, 0.5) is 0 Å². The summed E-state index contributed by atoms with van der Waals surface area (Å²) in [4.78, 5) is 0. The summed E-state index contributed by atoms with van der Waals surface area (Å²) in [5.41, 5.74) is 8.99. The maximum atomic E-state index is 5.69. The molecule has 4 heteroatoms. The van der Waals surface area contributed by atoms with E-state index in [9.17, 15) is 0 Å². The number of rotatable bonds is 6. The van der Waals surface area contributed by atoms with Gasteiger partial charge in [-0.2, -0.15) is 0 Å². The number of hydrogen-bond donors (Lipinski definition) is 1. The number of nitrogens with zero attached hydrogens (tertiary/aromatic N) is 3. The summed E-state index contributed by atoms with van der Waals surface area (Å²) in [6.07, 6.45) is 3.69. The van der Waals surface area contributed by atoms with E-state index in [0.717, 1.165) is 24.2 Å². The topological polar surface area (TPSA) is 56.7 Å². The predicted octanol–water partition coefficient (Wildman–Crippen LogP) is 1.71. The van der Waals surface area contributed by atoms with Gasteiger partial charge in [0.15, 0.2) is 0 Å². The van der Waals surface area contributed by atoms with Crippen LogP contribution in [0, 0.1) is 0 Å². The van der Waals surface area contributed by atoms with E-state index in [4.69, 9.17) is 5.73 Å². The number of hydrogen-bond acceptors (Lipinski definition) is 3. The molecule has 2 N–H and O–H groups in total. The summed E-state index contributed by atoms with van der Waals surface area (Å²) in [6, 6.07) is 10.4. The van der Waals surface area contributed by atoms with E-state index in [1.165, 1.54) is 5.56 Å². The molecule has 0 amide bonds. The van der Waals surface area contributed by atoms with Gasteiger partial charge in [-0.3, -0.25) is 0 Å². The molecule has 0 atom stereocenters. The molecule has 1 aromatic heterocycles. The first-order valence-electron chi connectivity index (χ1n) is 6.11. The molecule has 0 saturated carbocycles. The lowest BCUT2D eigenvalue weighted by atomic mass is 10.1. The van der Waals surface area contributed by atoms with Gasteiger partial charge in [-0.25, -0.2) is 4.68 Å². The molecule has 1 heterocycles. The Morgan fingerprint density at radius 2 is 2.00 bits per heavy atom. The Hall–Kier alpha value is -1.94. The minimum atomic E-state index is 0.432. The summed E-state index contributed by atoms with van der Waals surface area (Å²) in [7, 11) is 0. The molecule has 0 aliphatic heterocycles. The van der Waals surface area contributed by atoms with E-state index in [1.54, 1.807) is 0 Å². The van der Waals surface area contributed by atoms with Crippen LogP contribution in [0.15, 0.2) is 43.0 Å². The fourth-order valence-electron chi connectivity index (χ4n) is 1.98. The van der Waals surface area contributed by atoms with E-state index in [0.29, 0.717) is 13.1 Å². The second-order valence-corrected chi connectivity index (χ2v) is 4.14. The van der Waals surface area contributed by atoms with Crippen molar-refractivity contribution < 1.29 is 0 Å². The van der Waals surface area contributed by atoms with Crippen LogP contribution in [0.2, 0.25) is 0 Å². The van der Waals surface area contributed by atoms with Crippen molar-refractivity contribution in [3.63, 3.8) is 0 Å². The molecule has 0 spiro atoms. The van der Waals surface area contributed by atoms with Gasteiger partial charge in [0, 0.05) is 6.54 Å². The summed E-state index contributed by atoms with van der Waals surface area (Å²) in [5, 5.41) is 8.21. The molecular formula is C14H18N4. The highest BCUT2D eigenvalue weighted by atomic mass is 15.4. The van der Waals surface area contributed by atoms with Crippen LogP contribution in [-0.4, -0.2) is 15.0 Å². The van der Waals surface area contributed by atoms with Crippen LogP contribution in [0.1, 0.15) is 17.0 Å². The molecule has 0 fully saturated rings. The van der Waals surface area contributed by atoms with Crippen molar-refractivity contribution in [3.05, 3.63) is 59.9 Å². The van der Waals surface area contributed by atoms with Crippen molar-refractivity contribution in [3.8, 4) is 0 Å². The molecule has 94 valence electrons. The molecule has 1 aromatic carbocycles. The van der Waals surface area contributed by atoms with Gasteiger partial charge in [0.1, 0.15) is 0 Å². The van der Waals surface area contributed by atoms with Crippen LogP contribution >= 0.6 is 0 Å². The lowest BCUT2D eigenvalue weighted by Gasteiger charge is -2.05. The zero-order valence-electron chi connectivity index (χ0n) is 10.4. The van der Waals surface area contributed by atoms with Gasteiger partial charge >= 0.3 is 0 Å². The largest absolute Gasteiger partial charge is 0.325 e. The standard InChI is InChI=1S/C14H18N4/c1-2-10-18-14(13(11-15)16-17-18)9-8-12-6-4-3-5-7-12/h2-7H,1,8-11,15H2. The van der Waals surface area contributed by atoms with Crippen molar-refractivity contribution in [2.24, 2.45) is 5.73 Å². The molecule has 0 aliphatic rings. The Labute approximate surface area is 107 Å². The summed E-state index contributed by atoms with van der Waals surface area (Å²) in [6.45, 7) is 4.84. The normalized spacial score (nSPS) is 10.5. The molecule has 0 unspecified atom stereocenters. The maximum Gasteiger partial charge on any atom is 0.0994 e. The minimum absolute atomic E-state index is 0.432. The third-order valence-corrected chi connectivity index (χ3v) is 2.91. The smallest absolute Gasteiger partial charge is 0.0994 e. The molecule has 0 aliphatic carbocycles. The SMILES string of the molecule is C=CCn1nnc(CN)c1CCc1ccccc1. The van der Waals surface area contributed by atoms with Crippen molar-refractivity contribution in [2.75, 3.05) is 0 Å². The summed E-state index contributed by atoms with van der Waals surface area (Å²) < 4.78 is 1.87. The highest BCUT2D eigenvalue weighted by Gasteiger charge is 2.10. The highest BCUT2D eigenvalue weighted by Crippen LogP contribution is 2.10. The van der Waals surface area contributed by atoms with E-state index in [2.05, 4.69) is 41.2 Å². The second kappa shape index (κ2) is 6.12. The Morgan fingerprint density at radius 1 is 1.22 bits per heavy atom. The number of aromatic nitrogens is 3. The second-order valence-electron chi connectivity index (χ2n) is 4.14. The van der Waals surface area contributed by atoms with E-state index >= 15 is 0 Å². The average Bonchev–Trinajstić information content (AvgIpc) is 2.80. The van der Waals surface area contributed by atoms with Crippen molar-refractivity contribution >= 4 is 0 Å². The third-order valence-electron chi connectivity index (χ3n) is 2.91. The van der Waals surface area contributed by atoms with Crippen LogP contribution in [0.25, 0.3) is 0 Å². The molecular weight excluding hydrogens is 224 g/mol. The average molecular weight is 242 g/mol. The van der Waals surface area contributed by atoms with Gasteiger partial charge in [0.25, 0.3) is 0 Å². The predicted molar refractivity (Wildman–Crippen MR) is 72.0 cm³/mol. The molecule has 0 bridgehead atoms. The molecule has 4 nitrogen and oxygen atoms in total. The van der Waals surface area contributed by atoms with Crippen molar-refractivity contribution in [1.29, 1.82) is 0 Å². The summed E-state index contributed by atoms with van der Waals surface area (Å²) >= 11 is 0. The van der Waals surface area contributed by atoms with Gasteiger partial charge in [-0.05, 0) is 18.4 Å². The number of allylic oxidation sites excluding steroid dienone is 1. The van der Waals surface area contributed by atoms with Crippen LogP contribution in [-0.2, 0) is 25.9 Å². The summed E-state index contributed by atoms with van der Waals surface area (Å²) in [5.74, 6) is 0. The molecule has 2 rings (SSSR count). The molecule has 2 aromatic rings. The molecule has 0 saturated heterocycles. The monoisotopic (exact) mass is 242 g/mol. The Balaban J connectivity index is 2.12. The van der Waals surface area contributed by atoms with Crippen LogP contribution < -0.4 is 5.73 Å². The Bertz CT molecular complexity index is 502. The number of benzene rings is 1. The van der Waals surface area contributed by atoms with Gasteiger partial charge in [0.05, 0.1) is 17.9 Å². The van der Waals surface area contributed by atoms with Gasteiger partial charge in [-0.1, -0.05) is 41.6 Å². The van der Waals surface area contributed by atoms with Crippen LogP contribution in [0.5, 0.6) is 0 Å². The fraction of sp³-hybridized carbons (Fsp3) is 0.286. The van der Waals surface area contributed by atoms with E-state index in [1.807, 2.05) is 16.8 Å².